The summed E-state index contributed by atoms with van der Waals surface area (Å²) in [5.41, 5.74) is 2.12. The number of imidazole rings is 1. The minimum absolute atomic E-state index is 0.0437. The van der Waals surface area contributed by atoms with Crippen molar-refractivity contribution in [2.75, 3.05) is 25.6 Å². The monoisotopic (exact) mass is 384 g/mol. The van der Waals surface area contributed by atoms with E-state index in [1.807, 2.05) is 43.3 Å². The van der Waals surface area contributed by atoms with Gasteiger partial charge in [0.15, 0.2) is 11.0 Å². The van der Waals surface area contributed by atoms with Crippen LogP contribution in [-0.2, 0) is 11.3 Å². The summed E-state index contributed by atoms with van der Waals surface area (Å²) in [5, 5.41) is 23.8. The Bertz CT molecular complexity index is 1040. The third kappa shape index (κ3) is 3.46. The van der Waals surface area contributed by atoms with E-state index in [0.717, 1.165) is 17.3 Å². The molecule has 2 aromatic carbocycles. The number of nitro groups is 1. The molecular formula is C19H20N4O5. The van der Waals surface area contributed by atoms with Gasteiger partial charge in [0.2, 0.25) is 0 Å². The largest absolute Gasteiger partial charge is 0.710 e. The van der Waals surface area contributed by atoms with E-state index >= 15 is 0 Å². The van der Waals surface area contributed by atoms with Crippen LogP contribution >= 0.6 is 0 Å². The number of carbonyl (C=O) groups is 1. The fourth-order valence-electron chi connectivity index (χ4n) is 2.99. The molecule has 0 N–H and O–H groups in total. The Balaban J connectivity index is 2.14. The highest BCUT2D eigenvalue weighted by atomic mass is 16.6. The summed E-state index contributed by atoms with van der Waals surface area (Å²) in [4.78, 5) is 24.8. The first kappa shape index (κ1) is 19.2. The van der Waals surface area contributed by atoms with Crippen LogP contribution in [0.3, 0.4) is 0 Å². The number of hydrogen-bond acceptors (Lipinski definition) is 6. The van der Waals surface area contributed by atoms with Gasteiger partial charge in [0.25, 0.3) is 5.69 Å². The lowest BCUT2D eigenvalue weighted by Crippen LogP contribution is -2.35. The van der Waals surface area contributed by atoms with Gasteiger partial charge in [0.1, 0.15) is 6.54 Å². The molecule has 0 spiro atoms. The number of nitro benzene ring substituents is 1. The van der Waals surface area contributed by atoms with E-state index in [9.17, 15) is 20.1 Å². The van der Waals surface area contributed by atoms with Gasteiger partial charge < -0.3 is 14.8 Å². The fourth-order valence-corrected chi connectivity index (χ4v) is 2.99. The lowest BCUT2D eigenvalue weighted by Gasteiger charge is -2.12. The van der Waals surface area contributed by atoms with Crippen LogP contribution in [0.5, 0.6) is 0 Å². The van der Waals surface area contributed by atoms with Crippen molar-refractivity contribution in [1.82, 2.24) is 4.57 Å². The predicted molar refractivity (Wildman–Crippen MR) is 103 cm³/mol. The van der Waals surface area contributed by atoms with E-state index in [1.165, 1.54) is 16.7 Å². The van der Waals surface area contributed by atoms with Gasteiger partial charge in [-0.15, -0.1) is 0 Å². The lowest BCUT2D eigenvalue weighted by molar-refractivity contribution is -0.581. The lowest BCUT2D eigenvalue weighted by atomic mass is 10.2. The van der Waals surface area contributed by atoms with E-state index in [1.54, 1.807) is 6.92 Å². The number of benzene rings is 2. The zero-order valence-electron chi connectivity index (χ0n) is 15.8. The standard InChI is InChI=1S/C19H20N4O5/c1-4-28-19(24)18-21(12-13-5-7-14(8-6-13)20(2)3)16-10-9-15(23(26)27)11-17(16)22(18)25/h5-11H,4,12H2,1-3H3. The van der Waals surface area contributed by atoms with Crippen LogP contribution in [0, 0.1) is 15.3 Å². The van der Waals surface area contributed by atoms with Gasteiger partial charge in [-0.2, -0.15) is 0 Å². The number of rotatable bonds is 6. The number of nitrogens with zero attached hydrogens (tertiary/aromatic N) is 4. The van der Waals surface area contributed by atoms with Crippen molar-refractivity contribution < 1.29 is 19.2 Å². The molecule has 0 saturated heterocycles. The average molecular weight is 384 g/mol. The van der Waals surface area contributed by atoms with E-state index in [0.29, 0.717) is 10.2 Å². The van der Waals surface area contributed by atoms with Crippen molar-refractivity contribution in [1.29, 1.82) is 0 Å². The minimum Gasteiger partial charge on any atom is -0.710 e. The summed E-state index contributed by atoms with van der Waals surface area (Å²) >= 11 is 0. The maximum absolute atomic E-state index is 12.7. The van der Waals surface area contributed by atoms with E-state index < -0.39 is 10.9 Å². The fraction of sp³-hybridized carbons (Fsp3) is 0.263. The molecule has 0 aliphatic heterocycles. The highest BCUT2D eigenvalue weighted by Gasteiger charge is 2.30. The average Bonchev–Trinajstić information content (AvgIpc) is 2.94. The minimum atomic E-state index is -0.777. The van der Waals surface area contributed by atoms with Crippen molar-refractivity contribution >= 4 is 28.4 Å². The smallest absolute Gasteiger partial charge is 0.422 e. The second-order valence-corrected chi connectivity index (χ2v) is 6.42. The van der Waals surface area contributed by atoms with Gasteiger partial charge in [0, 0.05) is 25.8 Å². The number of non-ortho nitro benzene ring substituents is 1. The first-order valence-corrected chi connectivity index (χ1v) is 8.67. The first-order valence-electron chi connectivity index (χ1n) is 8.67. The summed E-state index contributed by atoms with van der Waals surface area (Å²) in [6.07, 6.45) is 0. The number of hydrogen-bond donors (Lipinski definition) is 0. The highest BCUT2D eigenvalue weighted by molar-refractivity contribution is 5.88. The molecule has 9 nitrogen and oxygen atoms in total. The number of aromatic nitrogens is 2. The van der Waals surface area contributed by atoms with Crippen molar-refractivity contribution in [2.24, 2.45) is 0 Å². The van der Waals surface area contributed by atoms with Crippen LogP contribution in [0.1, 0.15) is 23.1 Å². The number of anilines is 1. The molecule has 0 bridgehead atoms. The van der Waals surface area contributed by atoms with Crippen LogP contribution in [0.4, 0.5) is 11.4 Å². The normalized spacial score (nSPS) is 10.8. The van der Waals surface area contributed by atoms with Crippen molar-refractivity contribution in [2.45, 2.75) is 13.5 Å². The second kappa shape index (κ2) is 7.55. The maximum atomic E-state index is 12.7. The molecule has 3 rings (SSSR count). The maximum Gasteiger partial charge on any atom is 0.422 e. The van der Waals surface area contributed by atoms with Gasteiger partial charge in [-0.05, 0) is 30.7 Å². The summed E-state index contributed by atoms with van der Waals surface area (Å²) < 4.78 is 6.94. The molecule has 0 unspecified atom stereocenters. The topological polar surface area (TPSA) is 105 Å². The molecule has 0 atom stereocenters. The first-order chi connectivity index (χ1) is 13.3. The zero-order valence-corrected chi connectivity index (χ0v) is 15.8. The van der Waals surface area contributed by atoms with Crippen molar-refractivity contribution in [3.8, 4) is 0 Å². The predicted octanol–water partition coefficient (Wildman–Crippen LogP) is 2.47. The number of carbonyl (C=O) groups excluding carboxylic acids is 1. The molecule has 0 aliphatic carbocycles. The molecule has 0 aliphatic rings. The molecule has 1 aromatic heterocycles. The van der Waals surface area contributed by atoms with E-state index in [4.69, 9.17) is 4.74 Å². The third-order valence-corrected chi connectivity index (χ3v) is 4.38. The van der Waals surface area contributed by atoms with E-state index in [2.05, 4.69) is 0 Å². The Morgan fingerprint density at radius 3 is 2.46 bits per heavy atom. The van der Waals surface area contributed by atoms with Gasteiger partial charge in [-0.3, -0.25) is 10.1 Å². The molecule has 0 fully saturated rings. The number of esters is 1. The zero-order chi connectivity index (χ0) is 20.4. The molecule has 9 heteroatoms. The Hall–Kier alpha value is -3.62. The molecule has 0 radical (unpaired) electrons. The molecule has 1 heterocycles. The molecule has 0 saturated carbocycles. The second-order valence-electron chi connectivity index (χ2n) is 6.42. The SMILES string of the molecule is CCOC(=O)c1n(Cc2ccc(N(C)C)cc2)c2ccc([N+](=O)[O-])cc2[n+]1[O-]. The van der Waals surface area contributed by atoms with Crippen LogP contribution in [0.15, 0.2) is 42.5 Å². The van der Waals surface area contributed by atoms with E-state index in [-0.39, 0.29) is 30.2 Å². The quantitative estimate of drug-likeness (QED) is 0.213. The molecule has 3 aromatic rings. The summed E-state index contributed by atoms with van der Waals surface area (Å²) in [6.45, 7) is 1.99. The Morgan fingerprint density at radius 2 is 1.89 bits per heavy atom. The van der Waals surface area contributed by atoms with Crippen LogP contribution < -0.4 is 9.63 Å². The Kier molecular flexibility index (Phi) is 5.16. The summed E-state index contributed by atoms with van der Waals surface area (Å²) in [6, 6.07) is 11.6. The van der Waals surface area contributed by atoms with Crippen LogP contribution in [0.25, 0.3) is 11.0 Å². The summed E-state index contributed by atoms with van der Waals surface area (Å²) in [7, 11) is 3.86. The Morgan fingerprint density at radius 1 is 1.21 bits per heavy atom. The Labute approximate surface area is 161 Å². The van der Waals surface area contributed by atoms with Crippen LogP contribution in [0.2, 0.25) is 0 Å². The highest BCUT2D eigenvalue weighted by Crippen LogP contribution is 2.23. The van der Waals surface area contributed by atoms with Gasteiger partial charge in [0.05, 0.1) is 17.6 Å². The number of ether oxygens (including phenoxy) is 1. The van der Waals surface area contributed by atoms with Crippen molar-refractivity contribution in [3.05, 3.63) is 69.2 Å². The molecular weight excluding hydrogens is 364 g/mol. The van der Waals surface area contributed by atoms with Crippen LogP contribution in [-0.4, -0.2) is 36.2 Å². The van der Waals surface area contributed by atoms with Crippen molar-refractivity contribution in [3.63, 3.8) is 0 Å². The third-order valence-electron chi connectivity index (χ3n) is 4.38. The van der Waals surface area contributed by atoms with Gasteiger partial charge in [-0.1, -0.05) is 12.1 Å². The molecule has 146 valence electrons. The molecule has 0 amide bonds. The van der Waals surface area contributed by atoms with Gasteiger partial charge in [-0.25, -0.2) is 14.1 Å². The number of fused-ring (bicyclic) bond motifs is 1. The molecule has 28 heavy (non-hydrogen) atoms. The van der Waals surface area contributed by atoms with Gasteiger partial charge >= 0.3 is 11.8 Å². The summed E-state index contributed by atoms with van der Waals surface area (Å²) in [5.74, 6) is -0.990.